The summed E-state index contributed by atoms with van der Waals surface area (Å²) in [6.45, 7) is -0.228. The minimum Gasteiger partial charge on any atom is -0.484 e. The van der Waals surface area contributed by atoms with E-state index in [2.05, 4.69) is 37.1 Å². The second-order valence-electron chi connectivity index (χ2n) is 6.57. The Kier molecular flexibility index (Phi) is 8.25. The van der Waals surface area contributed by atoms with E-state index >= 15 is 0 Å². The Morgan fingerprint density at radius 1 is 0.848 bits per heavy atom. The molecule has 0 spiro atoms. The summed E-state index contributed by atoms with van der Waals surface area (Å²) in [5, 5.41) is 8.79. The molecule has 0 atom stereocenters. The smallest absolute Gasteiger partial charge is 0.329 e. The van der Waals surface area contributed by atoms with Crippen LogP contribution in [0.15, 0.2) is 82.4 Å². The minimum absolute atomic E-state index is 0.228. The van der Waals surface area contributed by atoms with Crippen molar-refractivity contribution in [3.63, 3.8) is 0 Å². The van der Waals surface area contributed by atoms with E-state index in [1.54, 1.807) is 48.5 Å². The highest BCUT2D eigenvalue weighted by atomic mass is 79.9. The van der Waals surface area contributed by atoms with Gasteiger partial charge in [0.25, 0.3) is 5.91 Å². The van der Waals surface area contributed by atoms with Crippen LogP contribution in [0.2, 0.25) is 0 Å². The highest BCUT2D eigenvalue weighted by molar-refractivity contribution is 9.10. The van der Waals surface area contributed by atoms with Crippen molar-refractivity contribution in [1.29, 1.82) is 0 Å². The van der Waals surface area contributed by atoms with Gasteiger partial charge < -0.3 is 15.4 Å². The number of nitrogens with zero attached hydrogens (tertiary/aromatic N) is 1. The molecule has 0 aliphatic heterocycles. The van der Waals surface area contributed by atoms with Crippen LogP contribution in [-0.4, -0.2) is 30.5 Å². The van der Waals surface area contributed by atoms with Gasteiger partial charge in [0.15, 0.2) is 6.61 Å². The molecule has 0 saturated heterocycles. The fourth-order valence-electron chi connectivity index (χ4n) is 2.47. The normalized spacial score (nSPS) is 10.5. The molecule has 3 aromatic carbocycles. The highest BCUT2D eigenvalue weighted by Gasteiger charge is 2.12. The maximum Gasteiger partial charge on any atom is 0.329 e. The van der Waals surface area contributed by atoms with Crippen LogP contribution in [0.3, 0.4) is 0 Å². The second-order valence-corrected chi connectivity index (χ2v) is 7.49. The molecule has 3 rings (SSSR count). The molecule has 0 fully saturated rings. The van der Waals surface area contributed by atoms with Crippen molar-refractivity contribution >= 4 is 51.2 Å². The van der Waals surface area contributed by atoms with Crippen molar-refractivity contribution in [3.05, 3.63) is 88.6 Å². The average Bonchev–Trinajstić information content (AvgIpc) is 2.81. The topological polar surface area (TPSA) is 109 Å². The lowest BCUT2D eigenvalue weighted by molar-refractivity contribution is -0.136. The molecular weight excluding hydrogens is 495 g/mol. The van der Waals surface area contributed by atoms with Crippen molar-refractivity contribution in [2.75, 3.05) is 17.2 Å². The molecule has 0 bridgehead atoms. The van der Waals surface area contributed by atoms with Gasteiger partial charge in [-0.15, -0.1) is 0 Å². The number of anilines is 2. The molecule has 33 heavy (non-hydrogen) atoms. The van der Waals surface area contributed by atoms with Crippen LogP contribution >= 0.6 is 15.9 Å². The zero-order chi connectivity index (χ0) is 23.6. The van der Waals surface area contributed by atoms with E-state index in [0.29, 0.717) is 22.7 Å². The standard InChI is InChI=1S/C23H18BrFN4O4/c24-16-3-7-19(8-4-16)28-22(31)23(32)29-26-13-15-1-11-20(12-2-15)33-14-21(30)27-18-9-5-17(25)6-10-18/h1-13H,14H2,(H,27,30)(H,28,31)(H,29,32)/b26-13-. The van der Waals surface area contributed by atoms with Crippen molar-refractivity contribution in [2.24, 2.45) is 5.10 Å². The van der Waals surface area contributed by atoms with Crippen LogP contribution in [0.25, 0.3) is 0 Å². The molecule has 0 aliphatic carbocycles. The van der Waals surface area contributed by atoms with E-state index in [4.69, 9.17) is 4.74 Å². The molecule has 0 aliphatic rings. The number of hydrazone groups is 1. The zero-order valence-corrected chi connectivity index (χ0v) is 18.6. The maximum absolute atomic E-state index is 12.9. The molecule has 3 N–H and O–H groups in total. The van der Waals surface area contributed by atoms with E-state index in [9.17, 15) is 18.8 Å². The van der Waals surface area contributed by atoms with Crippen LogP contribution < -0.4 is 20.8 Å². The first-order valence-corrected chi connectivity index (χ1v) is 10.4. The summed E-state index contributed by atoms with van der Waals surface area (Å²) in [5.74, 6) is -2.11. The number of amides is 3. The Bertz CT molecular complexity index is 1150. The second kappa shape index (κ2) is 11.5. The minimum atomic E-state index is -0.915. The zero-order valence-electron chi connectivity index (χ0n) is 17.0. The van der Waals surface area contributed by atoms with Crippen LogP contribution in [0.1, 0.15) is 5.56 Å². The van der Waals surface area contributed by atoms with Crippen LogP contribution in [0.4, 0.5) is 15.8 Å². The molecular formula is C23H18BrFN4O4. The predicted octanol–water partition coefficient (Wildman–Crippen LogP) is 3.69. The Balaban J connectivity index is 1.42. The molecule has 3 aromatic rings. The summed E-state index contributed by atoms with van der Waals surface area (Å²) in [4.78, 5) is 35.6. The lowest BCUT2D eigenvalue weighted by Gasteiger charge is -2.07. The first-order chi connectivity index (χ1) is 15.9. The number of carbonyl (C=O) groups is 3. The van der Waals surface area contributed by atoms with Gasteiger partial charge in [-0.05, 0) is 78.4 Å². The number of nitrogens with one attached hydrogen (secondary N) is 3. The van der Waals surface area contributed by atoms with E-state index < -0.39 is 23.5 Å². The third-order valence-electron chi connectivity index (χ3n) is 4.07. The van der Waals surface area contributed by atoms with Crippen LogP contribution in [0, 0.1) is 5.82 Å². The van der Waals surface area contributed by atoms with Gasteiger partial charge in [-0.25, -0.2) is 9.82 Å². The monoisotopic (exact) mass is 512 g/mol. The SMILES string of the molecule is O=C(COc1ccc(/C=N\NC(=O)C(=O)Nc2ccc(Br)cc2)cc1)Nc1ccc(F)cc1. The average molecular weight is 513 g/mol. The summed E-state index contributed by atoms with van der Waals surface area (Å²) in [6, 6.07) is 18.7. The van der Waals surface area contributed by atoms with Crippen molar-refractivity contribution in [3.8, 4) is 5.75 Å². The van der Waals surface area contributed by atoms with Crippen molar-refractivity contribution < 1.29 is 23.5 Å². The summed E-state index contributed by atoms with van der Waals surface area (Å²) in [6.07, 6.45) is 1.36. The molecule has 0 aromatic heterocycles. The molecule has 0 unspecified atom stereocenters. The molecule has 0 radical (unpaired) electrons. The molecule has 0 heterocycles. The molecule has 3 amide bonds. The van der Waals surface area contributed by atoms with Crippen molar-refractivity contribution in [2.45, 2.75) is 0 Å². The van der Waals surface area contributed by atoms with Crippen LogP contribution in [-0.2, 0) is 14.4 Å². The Morgan fingerprint density at radius 2 is 1.45 bits per heavy atom. The van der Waals surface area contributed by atoms with Gasteiger partial charge in [0.05, 0.1) is 6.21 Å². The van der Waals surface area contributed by atoms with Crippen LogP contribution in [0.5, 0.6) is 5.75 Å². The predicted molar refractivity (Wildman–Crippen MR) is 125 cm³/mol. The molecule has 0 saturated carbocycles. The quantitative estimate of drug-likeness (QED) is 0.254. The van der Waals surface area contributed by atoms with Gasteiger partial charge in [-0.1, -0.05) is 15.9 Å². The van der Waals surface area contributed by atoms with Gasteiger partial charge >= 0.3 is 11.8 Å². The lowest BCUT2D eigenvalue weighted by Crippen LogP contribution is -2.32. The van der Waals surface area contributed by atoms with Gasteiger partial charge in [0.1, 0.15) is 11.6 Å². The number of carbonyl (C=O) groups excluding carboxylic acids is 3. The Labute approximate surface area is 197 Å². The fourth-order valence-corrected chi connectivity index (χ4v) is 2.73. The van der Waals surface area contributed by atoms with Crippen molar-refractivity contribution in [1.82, 2.24) is 5.43 Å². The molecule has 168 valence electrons. The molecule has 10 heteroatoms. The number of hydrogen-bond acceptors (Lipinski definition) is 5. The third-order valence-corrected chi connectivity index (χ3v) is 4.59. The third kappa shape index (κ3) is 7.86. The maximum atomic E-state index is 12.9. The number of hydrogen-bond donors (Lipinski definition) is 3. The van der Waals surface area contributed by atoms with Gasteiger partial charge in [0.2, 0.25) is 0 Å². The van der Waals surface area contributed by atoms with E-state index in [-0.39, 0.29) is 6.61 Å². The summed E-state index contributed by atoms with van der Waals surface area (Å²) >= 11 is 3.28. The number of benzene rings is 3. The first-order valence-electron chi connectivity index (χ1n) is 9.57. The summed E-state index contributed by atoms with van der Waals surface area (Å²) < 4.78 is 19.1. The number of rotatable bonds is 7. The van der Waals surface area contributed by atoms with E-state index in [1.807, 2.05) is 0 Å². The van der Waals surface area contributed by atoms with E-state index in [0.717, 1.165) is 4.47 Å². The van der Waals surface area contributed by atoms with Gasteiger partial charge in [0, 0.05) is 15.8 Å². The number of halogens is 2. The lowest BCUT2D eigenvalue weighted by atomic mass is 10.2. The Hall–Kier alpha value is -4.05. The fraction of sp³-hybridized carbons (Fsp3) is 0.0435. The summed E-state index contributed by atoms with van der Waals surface area (Å²) in [5.41, 5.74) is 3.72. The van der Waals surface area contributed by atoms with Gasteiger partial charge in [-0.3, -0.25) is 14.4 Å². The van der Waals surface area contributed by atoms with Gasteiger partial charge in [-0.2, -0.15) is 5.10 Å². The first kappa shape index (κ1) is 23.6. The Morgan fingerprint density at radius 3 is 2.12 bits per heavy atom. The number of ether oxygens (including phenoxy) is 1. The highest BCUT2D eigenvalue weighted by Crippen LogP contribution is 2.14. The van der Waals surface area contributed by atoms with E-state index in [1.165, 1.54) is 30.5 Å². The summed E-state index contributed by atoms with van der Waals surface area (Å²) in [7, 11) is 0. The molecule has 8 nitrogen and oxygen atoms in total. The largest absolute Gasteiger partial charge is 0.484 e.